The van der Waals surface area contributed by atoms with Gasteiger partial charge in [-0.15, -0.1) is 0 Å². The molecule has 6 rings (SSSR count). The Hall–Kier alpha value is -3.66. The smallest absolute Gasteiger partial charge is 0.162 e. The second kappa shape index (κ2) is 6.95. The summed E-state index contributed by atoms with van der Waals surface area (Å²) in [7, 11) is 0. The van der Waals surface area contributed by atoms with Crippen LogP contribution in [-0.2, 0) is 4.79 Å². The van der Waals surface area contributed by atoms with E-state index >= 15 is 4.39 Å². The summed E-state index contributed by atoms with van der Waals surface area (Å²) < 4.78 is 20.7. The van der Waals surface area contributed by atoms with Gasteiger partial charge >= 0.3 is 0 Å². The largest absolute Gasteiger partial charge is 0.469 e. The summed E-state index contributed by atoms with van der Waals surface area (Å²) in [6.07, 6.45) is 2.66. The van der Waals surface area contributed by atoms with E-state index in [1.165, 1.54) is 6.07 Å². The molecule has 3 nitrogen and oxygen atoms in total. The molecule has 0 fully saturated rings. The molecule has 1 N–H and O–H groups in total. The van der Waals surface area contributed by atoms with Crippen LogP contribution in [0.1, 0.15) is 41.6 Å². The van der Waals surface area contributed by atoms with Crippen molar-refractivity contribution in [3.8, 4) is 0 Å². The van der Waals surface area contributed by atoms with Gasteiger partial charge in [-0.3, -0.25) is 4.79 Å². The molecule has 2 aliphatic rings. The summed E-state index contributed by atoms with van der Waals surface area (Å²) in [6.45, 7) is 0. The number of ketones is 1. The SMILES string of the molecule is O=C1C[C@H](c2ccco2)CC2=C1[C@@H](c1ccccc1F)c1c(ccc3ccccc13)N2. The molecule has 0 saturated carbocycles. The van der Waals surface area contributed by atoms with Crippen molar-refractivity contribution in [2.45, 2.75) is 24.7 Å². The van der Waals surface area contributed by atoms with Crippen LogP contribution in [0.5, 0.6) is 0 Å². The van der Waals surface area contributed by atoms with Crippen molar-refractivity contribution in [1.29, 1.82) is 0 Å². The first-order valence-electron chi connectivity index (χ1n) is 10.5. The van der Waals surface area contributed by atoms with Crippen LogP contribution in [0.25, 0.3) is 10.8 Å². The van der Waals surface area contributed by atoms with Crippen LogP contribution < -0.4 is 5.32 Å². The van der Waals surface area contributed by atoms with Crippen molar-refractivity contribution < 1.29 is 13.6 Å². The lowest BCUT2D eigenvalue weighted by Crippen LogP contribution is -2.30. The van der Waals surface area contributed by atoms with Gasteiger partial charge in [0.2, 0.25) is 0 Å². The van der Waals surface area contributed by atoms with E-state index in [-0.39, 0.29) is 17.5 Å². The summed E-state index contributed by atoms with van der Waals surface area (Å²) in [6, 6.07) is 22.8. The fraction of sp³-hybridized carbons (Fsp3) is 0.148. The molecular weight excluding hydrogens is 389 g/mol. The van der Waals surface area contributed by atoms with E-state index < -0.39 is 5.92 Å². The quantitative estimate of drug-likeness (QED) is 0.409. The highest BCUT2D eigenvalue weighted by atomic mass is 19.1. The number of furan rings is 1. The maximum absolute atomic E-state index is 15.1. The number of fused-ring (bicyclic) bond motifs is 3. The minimum Gasteiger partial charge on any atom is -0.469 e. The number of hydrogen-bond donors (Lipinski definition) is 1. The lowest BCUT2D eigenvalue weighted by atomic mass is 9.71. The third-order valence-corrected chi connectivity index (χ3v) is 6.50. The van der Waals surface area contributed by atoms with Crippen LogP contribution in [0.15, 0.2) is 94.7 Å². The molecule has 3 aromatic carbocycles. The van der Waals surface area contributed by atoms with Gasteiger partial charge in [0.15, 0.2) is 5.78 Å². The number of benzene rings is 3. The number of carbonyl (C=O) groups excluding carboxylic acids is 1. The zero-order valence-corrected chi connectivity index (χ0v) is 16.8. The monoisotopic (exact) mass is 409 g/mol. The average molecular weight is 409 g/mol. The van der Waals surface area contributed by atoms with Gasteiger partial charge in [0.05, 0.1) is 6.26 Å². The van der Waals surface area contributed by atoms with Gasteiger partial charge in [0, 0.05) is 40.8 Å². The topological polar surface area (TPSA) is 42.2 Å². The first-order chi connectivity index (χ1) is 15.2. The molecule has 0 spiro atoms. The zero-order chi connectivity index (χ0) is 20.9. The number of Topliss-reactive ketones (excluding diaryl/α,β-unsaturated/α-hetero) is 1. The number of nitrogens with one attached hydrogen (secondary N) is 1. The Bertz CT molecular complexity index is 1350. The molecule has 4 aromatic rings. The lowest BCUT2D eigenvalue weighted by Gasteiger charge is -2.37. The van der Waals surface area contributed by atoms with E-state index in [0.717, 1.165) is 33.5 Å². The predicted octanol–water partition coefficient (Wildman–Crippen LogP) is 6.53. The van der Waals surface area contributed by atoms with E-state index in [1.54, 1.807) is 18.4 Å². The molecule has 1 aliphatic carbocycles. The molecule has 0 amide bonds. The van der Waals surface area contributed by atoms with Crippen LogP contribution in [0.3, 0.4) is 0 Å². The minimum atomic E-state index is -0.441. The highest BCUT2D eigenvalue weighted by Crippen LogP contribution is 2.50. The van der Waals surface area contributed by atoms with Crippen LogP contribution in [0.2, 0.25) is 0 Å². The first-order valence-corrected chi connectivity index (χ1v) is 10.5. The van der Waals surface area contributed by atoms with Gasteiger partial charge in [0.25, 0.3) is 0 Å². The fourth-order valence-electron chi connectivity index (χ4n) is 5.15. The van der Waals surface area contributed by atoms with Gasteiger partial charge in [-0.25, -0.2) is 4.39 Å². The Morgan fingerprint density at radius 3 is 2.58 bits per heavy atom. The van der Waals surface area contributed by atoms with Crippen LogP contribution >= 0.6 is 0 Å². The number of carbonyl (C=O) groups is 1. The van der Waals surface area contributed by atoms with E-state index in [2.05, 4.69) is 11.4 Å². The maximum atomic E-state index is 15.1. The van der Waals surface area contributed by atoms with E-state index in [1.807, 2.05) is 48.5 Å². The van der Waals surface area contributed by atoms with Crippen molar-refractivity contribution >= 4 is 22.2 Å². The van der Waals surface area contributed by atoms with Crippen molar-refractivity contribution in [2.75, 3.05) is 5.32 Å². The molecule has 0 saturated heterocycles. The zero-order valence-electron chi connectivity index (χ0n) is 16.8. The first kappa shape index (κ1) is 18.1. The summed E-state index contributed by atoms with van der Waals surface area (Å²) in [5.41, 5.74) is 3.98. The fourth-order valence-corrected chi connectivity index (χ4v) is 5.15. The molecule has 0 bridgehead atoms. The molecular formula is C27H20FNO2. The normalized spacial score (nSPS) is 20.4. The van der Waals surface area contributed by atoms with Crippen molar-refractivity contribution in [1.82, 2.24) is 0 Å². The number of rotatable bonds is 2. The maximum Gasteiger partial charge on any atom is 0.162 e. The Morgan fingerprint density at radius 1 is 0.903 bits per heavy atom. The van der Waals surface area contributed by atoms with Gasteiger partial charge in [-0.2, -0.15) is 0 Å². The summed E-state index contributed by atoms with van der Waals surface area (Å²) in [5, 5.41) is 5.64. The third kappa shape index (κ3) is 2.82. The molecule has 1 aromatic heterocycles. The number of halogens is 1. The Labute approximate surface area is 179 Å². The van der Waals surface area contributed by atoms with Gasteiger partial charge in [0.1, 0.15) is 11.6 Å². The Balaban J connectivity index is 1.60. The molecule has 31 heavy (non-hydrogen) atoms. The molecule has 152 valence electrons. The van der Waals surface area contributed by atoms with Crippen LogP contribution in [0, 0.1) is 5.82 Å². The Morgan fingerprint density at radius 2 is 1.74 bits per heavy atom. The highest BCUT2D eigenvalue weighted by Gasteiger charge is 2.40. The third-order valence-electron chi connectivity index (χ3n) is 6.50. The average Bonchev–Trinajstić information content (AvgIpc) is 3.33. The lowest BCUT2D eigenvalue weighted by molar-refractivity contribution is -0.116. The molecule has 1 aliphatic heterocycles. The van der Waals surface area contributed by atoms with E-state index in [4.69, 9.17) is 4.42 Å². The molecule has 2 atom stereocenters. The molecule has 2 heterocycles. The Kier molecular flexibility index (Phi) is 4.06. The minimum absolute atomic E-state index is 0.0166. The second-order valence-electron chi connectivity index (χ2n) is 8.26. The summed E-state index contributed by atoms with van der Waals surface area (Å²) in [4.78, 5) is 13.5. The van der Waals surface area contributed by atoms with Crippen LogP contribution in [-0.4, -0.2) is 5.78 Å². The van der Waals surface area contributed by atoms with Crippen molar-refractivity contribution in [3.63, 3.8) is 0 Å². The van der Waals surface area contributed by atoms with E-state index in [0.29, 0.717) is 24.0 Å². The summed E-state index contributed by atoms with van der Waals surface area (Å²) >= 11 is 0. The number of anilines is 1. The highest BCUT2D eigenvalue weighted by molar-refractivity contribution is 6.04. The van der Waals surface area contributed by atoms with Crippen LogP contribution in [0.4, 0.5) is 10.1 Å². The second-order valence-corrected chi connectivity index (χ2v) is 8.26. The van der Waals surface area contributed by atoms with Gasteiger partial charge in [-0.1, -0.05) is 48.5 Å². The van der Waals surface area contributed by atoms with Crippen molar-refractivity contribution in [2.24, 2.45) is 0 Å². The number of allylic oxidation sites excluding steroid dienone is 2. The summed E-state index contributed by atoms with van der Waals surface area (Å²) in [5.74, 6) is 0.108. The van der Waals surface area contributed by atoms with Crippen molar-refractivity contribution in [3.05, 3.63) is 113 Å². The molecule has 0 unspecified atom stereocenters. The standard InChI is InChI=1S/C27H20FNO2/c28-20-9-4-3-8-19(20)26-25-18-7-2-1-6-16(18)11-12-21(25)29-22-14-17(15-23(30)27(22)26)24-10-5-13-31-24/h1-13,17,26,29H,14-15H2/t17-,26+/m1/s1. The van der Waals surface area contributed by atoms with Gasteiger partial charge < -0.3 is 9.73 Å². The van der Waals surface area contributed by atoms with Gasteiger partial charge in [-0.05, 0) is 47.0 Å². The predicted molar refractivity (Wildman–Crippen MR) is 119 cm³/mol. The van der Waals surface area contributed by atoms with E-state index in [9.17, 15) is 4.79 Å². The molecule has 4 heteroatoms. The number of hydrogen-bond acceptors (Lipinski definition) is 3. The molecule has 0 radical (unpaired) electrons.